The van der Waals surface area contributed by atoms with Crippen LogP contribution in [0, 0.1) is 11.7 Å². The lowest BCUT2D eigenvalue weighted by Crippen LogP contribution is -2.37. The molecule has 0 saturated carbocycles. The van der Waals surface area contributed by atoms with Gasteiger partial charge in [0.05, 0.1) is 5.52 Å². The van der Waals surface area contributed by atoms with Crippen molar-refractivity contribution >= 4 is 22.6 Å². The van der Waals surface area contributed by atoms with Crippen LogP contribution in [0.2, 0.25) is 0 Å². The highest BCUT2D eigenvalue weighted by molar-refractivity contribution is 5.80. The summed E-state index contributed by atoms with van der Waals surface area (Å²) in [4.78, 5) is 17.7. The van der Waals surface area contributed by atoms with E-state index in [4.69, 9.17) is 0 Å². The summed E-state index contributed by atoms with van der Waals surface area (Å²) in [5.74, 6) is 1.34. The van der Waals surface area contributed by atoms with Crippen molar-refractivity contribution in [1.29, 1.82) is 0 Å². The molecule has 1 aliphatic rings. The molecule has 1 aromatic heterocycles. The molecule has 0 unspecified atom stereocenters. The maximum absolute atomic E-state index is 13.3. The van der Waals surface area contributed by atoms with Crippen LogP contribution in [0.1, 0.15) is 26.2 Å². The molecule has 1 aromatic carbocycles. The van der Waals surface area contributed by atoms with Gasteiger partial charge in [0.25, 0.3) is 0 Å². The van der Waals surface area contributed by atoms with E-state index in [1.807, 2.05) is 17.0 Å². The molecule has 122 valence electrons. The number of pyridine rings is 1. The minimum absolute atomic E-state index is 0.175. The molecule has 1 saturated heterocycles. The lowest BCUT2D eigenvalue weighted by molar-refractivity contribution is -0.130. The quantitative estimate of drug-likeness (QED) is 0.940. The minimum atomic E-state index is -0.264. The van der Waals surface area contributed by atoms with Crippen LogP contribution in [0.25, 0.3) is 10.9 Å². The van der Waals surface area contributed by atoms with Gasteiger partial charge in [-0.1, -0.05) is 0 Å². The third kappa shape index (κ3) is 3.97. The molecule has 1 amide bonds. The van der Waals surface area contributed by atoms with Crippen molar-refractivity contribution < 1.29 is 9.18 Å². The number of hydrogen-bond donors (Lipinski definition) is 1. The van der Waals surface area contributed by atoms with E-state index in [1.165, 1.54) is 12.1 Å². The molecular weight excluding hydrogens is 293 g/mol. The summed E-state index contributed by atoms with van der Waals surface area (Å²) in [7, 11) is 0. The van der Waals surface area contributed by atoms with E-state index in [0.29, 0.717) is 11.4 Å². The van der Waals surface area contributed by atoms with E-state index in [9.17, 15) is 9.18 Å². The number of carbonyl (C=O) groups excluding carboxylic acids is 1. The highest BCUT2D eigenvalue weighted by Crippen LogP contribution is 2.21. The Bertz CT molecular complexity index is 696. The molecule has 5 heteroatoms. The molecule has 2 aromatic rings. The summed E-state index contributed by atoms with van der Waals surface area (Å²) < 4.78 is 13.3. The fourth-order valence-corrected chi connectivity index (χ4v) is 3.13. The lowest BCUT2D eigenvalue weighted by atomic mass is 9.93. The number of fused-ring (bicyclic) bond motifs is 1. The van der Waals surface area contributed by atoms with Gasteiger partial charge in [0.15, 0.2) is 0 Å². The molecular formula is C18H22FN3O. The van der Waals surface area contributed by atoms with Gasteiger partial charge in [-0.05, 0) is 49.4 Å². The average Bonchev–Trinajstić information content (AvgIpc) is 2.55. The number of nitrogens with one attached hydrogen (secondary N) is 1. The number of anilines is 1. The Morgan fingerprint density at radius 3 is 2.78 bits per heavy atom. The fourth-order valence-electron chi connectivity index (χ4n) is 3.13. The molecule has 0 atom stereocenters. The molecule has 0 aliphatic carbocycles. The maximum atomic E-state index is 13.3. The predicted molar refractivity (Wildman–Crippen MR) is 89.8 cm³/mol. The van der Waals surface area contributed by atoms with Gasteiger partial charge in [-0.25, -0.2) is 9.37 Å². The Morgan fingerprint density at radius 2 is 2.04 bits per heavy atom. The molecule has 4 nitrogen and oxygen atoms in total. The zero-order valence-electron chi connectivity index (χ0n) is 13.4. The minimum Gasteiger partial charge on any atom is -0.370 e. The van der Waals surface area contributed by atoms with Gasteiger partial charge >= 0.3 is 0 Å². The van der Waals surface area contributed by atoms with Crippen molar-refractivity contribution in [3.05, 3.63) is 36.1 Å². The number of aromatic nitrogens is 1. The second-order valence-corrected chi connectivity index (χ2v) is 6.20. The molecule has 1 fully saturated rings. The normalized spacial score (nSPS) is 15.8. The number of piperidine rings is 1. The molecule has 0 bridgehead atoms. The smallest absolute Gasteiger partial charge is 0.219 e. The summed E-state index contributed by atoms with van der Waals surface area (Å²) in [6.45, 7) is 4.22. The summed E-state index contributed by atoms with van der Waals surface area (Å²) in [5, 5.41) is 4.26. The van der Waals surface area contributed by atoms with Gasteiger partial charge in [0, 0.05) is 38.0 Å². The first-order valence-electron chi connectivity index (χ1n) is 8.17. The van der Waals surface area contributed by atoms with Crippen molar-refractivity contribution in [3.8, 4) is 0 Å². The van der Waals surface area contributed by atoms with Gasteiger partial charge in [0.2, 0.25) is 5.91 Å². The zero-order chi connectivity index (χ0) is 16.2. The van der Waals surface area contributed by atoms with Crippen LogP contribution in [0.3, 0.4) is 0 Å². The summed E-state index contributed by atoms with van der Waals surface area (Å²) in [5.41, 5.74) is 0.671. The first kappa shape index (κ1) is 15.7. The standard InChI is InChI=1S/C18H22FN3O/c1-13(23)22-10-7-14(8-11-22)6-9-20-18-5-3-15-2-4-16(19)12-17(15)21-18/h2-5,12,14H,6-11H2,1H3,(H,20,21). The zero-order valence-corrected chi connectivity index (χ0v) is 13.4. The van der Waals surface area contributed by atoms with Crippen LogP contribution < -0.4 is 5.32 Å². The maximum Gasteiger partial charge on any atom is 0.219 e. The number of halogens is 1. The first-order chi connectivity index (χ1) is 11.1. The number of rotatable bonds is 4. The lowest BCUT2D eigenvalue weighted by Gasteiger charge is -2.31. The van der Waals surface area contributed by atoms with Gasteiger partial charge in [-0.2, -0.15) is 0 Å². The third-order valence-electron chi connectivity index (χ3n) is 4.57. The van der Waals surface area contributed by atoms with Crippen molar-refractivity contribution in [2.45, 2.75) is 26.2 Å². The molecule has 0 radical (unpaired) electrons. The Labute approximate surface area is 135 Å². The molecule has 2 heterocycles. The second kappa shape index (κ2) is 6.94. The van der Waals surface area contributed by atoms with E-state index in [-0.39, 0.29) is 11.7 Å². The Morgan fingerprint density at radius 1 is 1.30 bits per heavy atom. The molecule has 3 rings (SSSR count). The van der Waals surface area contributed by atoms with Crippen LogP contribution in [0.4, 0.5) is 10.2 Å². The fraction of sp³-hybridized carbons (Fsp3) is 0.444. The second-order valence-electron chi connectivity index (χ2n) is 6.20. The molecule has 0 spiro atoms. The van der Waals surface area contributed by atoms with E-state index in [1.54, 1.807) is 13.0 Å². The van der Waals surface area contributed by atoms with Crippen molar-refractivity contribution in [3.63, 3.8) is 0 Å². The van der Waals surface area contributed by atoms with E-state index >= 15 is 0 Å². The monoisotopic (exact) mass is 315 g/mol. The van der Waals surface area contributed by atoms with E-state index in [0.717, 1.165) is 50.1 Å². The van der Waals surface area contributed by atoms with Gasteiger partial charge in [0.1, 0.15) is 11.6 Å². The third-order valence-corrected chi connectivity index (χ3v) is 4.57. The highest BCUT2D eigenvalue weighted by Gasteiger charge is 2.20. The number of amides is 1. The van der Waals surface area contributed by atoms with E-state index < -0.39 is 0 Å². The topological polar surface area (TPSA) is 45.2 Å². The Hall–Kier alpha value is -2.17. The van der Waals surface area contributed by atoms with Gasteiger partial charge in [-0.15, -0.1) is 0 Å². The van der Waals surface area contributed by atoms with Crippen LogP contribution in [-0.2, 0) is 4.79 Å². The SMILES string of the molecule is CC(=O)N1CCC(CCNc2ccc3ccc(F)cc3n2)CC1. The summed E-state index contributed by atoms with van der Waals surface area (Å²) >= 11 is 0. The van der Waals surface area contributed by atoms with Crippen molar-refractivity contribution in [2.24, 2.45) is 5.92 Å². The highest BCUT2D eigenvalue weighted by atomic mass is 19.1. The largest absolute Gasteiger partial charge is 0.370 e. The van der Waals surface area contributed by atoms with Crippen molar-refractivity contribution in [2.75, 3.05) is 25.0 Å². The number of likely N-dealkylation sites (tertiary alicyclic amines) is 1. The van der Waals surface area contributed by atoms with Crippen molar-refractivity contribution in [1.82, 2.24) is 9.88 Å². The number of benzene rings is 1. The average molecular weight is 315 g/mol. The van der Waals surface area contributed by atoms with E-state index in [2.05, 4.69) is 10.3 Å². The van der Waals surface area contributed by atoms with Gasteiger partial charge in [-0.3, -0.25) is 4.79 Å². The van der Waals surface area contributed by atoms with Crippen LogP contribution >= 0.6 is 0 Å². The molecule has 1 aliphatic heterocycles. The number of nitrogens with zero attached hydrogens (tertiary/aromatic N) is 2. The first-order valence-corrected chi connectivity index (χ1v) is 8.17. The summed E-state index contributed by atoms with van der Waals surface area (Å²) in [6.07, 6.45) is 3.20. The number of hydrogen-bond acceptors (Lipinski definition) is 3. The van der Waals surface area contributed by atoms with Gasteiger partial charge < -0.3 is 10.2 Å². The summed E-state index contributed by atoms with van der Waals surface area (Å²) in [6, 6.07) is 8.53. The molecule has 1 N–H and O–H groups in total. The predicted octanol–water partition coefficient (Wildman–Crippen LogP) is 3.43. The van der Waals surface area contributed by atoms with Crippen LogP contribution in [0.5, 0.6) is 0 Å². The Balaban J connectivity index is 1.50. The number of carbonyl (C=O) groups is 1. The van der Waals surface area contributed by atoms with Crippen LogP contribution in [0.15, 0.2) is 30.3 Å². The molecule has 23 heavy (non-hydrogen) atoms. The van der Waals surface area contributed by atoms with Crippen LogP contribution in [-0.4, -0.2) is 35.4 Å². The Kier molecular flexibility index (Phi) is 4.74.